The minimum absolute atomic E-state index is 0.209. The highest BCUT2D eigenvalue weighted by Crippen LogP contribution is 2.33. The summed E-state index contributed by atoms with van der Waals surface area (Å²) in [5, 5.41) is 0.0658. The Labute approximate surface area is 197 Å². The topological polar surface area (TPSA) is 80.2 Å². The third kappa shape index (κ3) is 4.67. The maximum Gasteiger partial charge on any atom is 0.260 e. The molecule has 0 unspecified atom stereocenters. The first-order valence-corrected chi connectivity index (χ1v) is 13.0. The second-order valence-electron chi connectivity index (χ2n) is 8.29. The second kappa shape index (κ2) is 9.03. The third-order valence-electron chi connectivity index (χ3n) is 5.43. The van der Waals surface area contributed by atoms with Crippen LogP contribution in [-0.4, -0.2) is 29.5 Å². The van der Waals surface area contributed by atoms with Gasteiger partial charge in [-0.2, -0.15) is 0 Å². The summed E-state index contributed by atoms with van der Waals surface area (Å²) >= 11 is 1.48. The van der Waals surface area contributed by atoms with Gasteiger partial charge in [0.05, 0.1) is 26.9 Å². The predicted octanol–water partition coefficient (Wildman–Crippen LogP) is 5.34. The Hall–Kier alpha value is -3.10. The molecule has 0 bridgehead atoms. The number of benzene rings is 2. The van der Waals surface area contributed by atoms with Crippen LogP contribution in [0.4, 0.5) is 5.13 Å². The van der Waals surface area contributed by atoms with Crippen molar-refractivity contribution in [3.63, 3.8) is 0 Å². The number of aromatic nitrogens is 2. The van der Waals surface area contributed by atoms with Crippen LogP contribution in [-0.2, 0) is 16.4 Å². The molecule has 0 aliphatic rings. The van der Waals surface area contributed by atoms with Crippen molar-refractivity contribution < 1.29 is 13.2 Å². The minimum Gasteiger partial charge on any atom is -0.279 e. The van der Waals surface area contributed by atoms with Crippen molar-refractivity contribution in [1.29, 1.82) is 0 Å². The molecule has 4 aromatic rings. The van der Waals surface area contributed by atoms with E-state index < -0.39 is 15.1 Å². The summed E-state index contributed by atoms with van der Waals surface area (Å²) in [6.45, 7) is 7.67. The van der Waals surface area contributed by atoms with Crippen molar-refractivity contribution in [3.8, 4) is 0 Å². The van der Waals surface area contributed by atoms with E-state index in [1.54, 1.807) is 43.3 Å². The van der Waals surface area contributed by atoms with E-state index in [4.69, 9.17) is 4.98 Å². The summed E-state index contributed by atoms with van der Waals surface area (Å²) in [6.07, 6.45) is 3.38. The van der Waals surface area contributed by atoms with Gasteiger partial charge in [-0.05, 0) is 86.8 Å². The lowest BCUT2D eigenvalue weighted by Gasteiger charge is -2.20. The SMILES string of the molecule is Cc1cc(C)c2sc(N(Cc3ccncc3)C(=O)c3ccc(S(=O)(=O)C(C)C)cc3)nc2c1. The van der Waals surface area contributed by atoms with Gasteiger partial charge in [-0.15, -0.1) is 0 Å². The Bertz CT molecular complexity index is 1410. The highest BCUT2D eigenvalue weighted by atomic mass is 32.2. The second-order valence-corrected chi connectivity index (χ2v) is 11.8. The van der Waals surface area contributed by atoms with Gasteiger partial charge in [-0.25, -0.2) is 13.4 Å². The number of nitrogens with zero attached hydrogens (tertiary/aromatic N) is 3. The number of carbonyl (C=O) groups is 1. The highest BCUT2D eigenvalue weighted by Gasteiger charge is 2.24. The number of rotatable bonds is 6. The first-order valence-electron chi connectivity index (χ1n) is 10.6. The zero-order valence-corrected chi connectivity index (χ0v) is 20.6. The van der Waals surface area contributed by atoms with E-state index in [1.165, 1.54) is 23.5 Å². The summed E-state index contributed by atoms with van der Waals surface area (Å²) in [5.74, 6) is -0.242. The van der Waals surface area contributed by atoms with Crippen LogP contribution in [0.2, 0.25) is 0 Å². The van der Waals surface area contributed by atoms with Crippen LogP contribution in [0.15, 0.2) is 65.8 Å². The number of amides is 1. The quantitative estimate of drug-likeness (QED) is 0.373. The fourth-order valence-electron chi connectivity index (χ4n) is 3.59. The van der Waals surface area contributed by atoms with E-state index in [0.717, 1.165) is 26.9 Å². The maximum atomic E-state index is 13.6. The molecule has 0 aliphatic carbocycles. The molecule has 0 saturated heterocycles. The van der Waals surface area contributed by atoms with Crippen molar-refractivity contribution in [3.05, 3.63) is 83.2 Å². The summed E-state index contributed by atoms with van der Waals surface area (Å²) in [5.41, 5.74) is 4.42. The molecule has 8 heteroatoms. The molecular formula is C25H25N3O3S2. The fraction of sp³-hybridized carbons (Fsp3) is 0.240. The van der Waals surface area contributed by atoms with Crippen LogP contribution in [0.1, 0.15) is 40.9 Å². The number of hydrogen-bond donors (Lipinski definition) is 0. The van der Waals surface area contributed by atoms with Crippen LogP contribution in [0.25, 0.3) is 10.2 Å². The van der Waals surface area contributed by atoms with Crippen molar-refractivity contribution in [2.24, 2.45) is 0 Å². The number of sulfone groups is 1. The van der Waals surface area contributed by atoms with Gasteiger partial charge in [0.1, 0.15) is 0 Å². The molecule has 2 heterocycles. The predicted molar refractivity (Wildman–Crippen MR) is 133 cm³/mol. The Balaban J connectivity index is 1.75. The van der Waals surface area contributed by atoms with Crippen LogP contribution in [0.3, 0.4) is 0 Å². The van der Waals surface area contributed by atoms with Gasteiger partial charge in [0.25, 0.3) is 5.91 Å². The van der Waals surface area contributed by atoms with E-state index in [2.05, 4.69) is 11.1 Å². The Morgan fingerprint density at radius 1 is 1.03 bits per heavy atom. The van der Waals surface area contributed by atoms with Crippen LogP contribution in [0.5, 0.6) is 0 Å². The lowest BCUT2D eigenvalue weighted by molar-refractivity contribution is 0.0985. The molecule has 2 aromatic carbocycles. The summed E-state index contributed by atoms with van der Waals surface area (Å²) in [4.78, 5) is 24.3. The number of pyridine rings is 1. The number of anilines is 1. The average Bonchev–Trinajstić information content (AvgIpc) is 3.22. The van der Waals surface area contributed by atoms with Crippen molar-refractivity contribution in [2.45, 2.75) is 44.4 Å². The number of hydrogen-bond acceptors (Lipinski definition) is 6. The molecule has 0 atom stereocenters. The standard InChI is InChI=1S/C25H25N3O3S2/c1-16(2)33(30,31)21-7-5-20(6-8-21)24(29)28(15-19-9-11-26-12-10-19)25-27-22-14-17(3)13-18(4)23(22)32-25/h5-14,16H,15H2,1-4H3. The molecule has 0 N–H and O–H groups in total. The molecule has 4 rings (SSSR count). The van der Waals surface area contributed by atoms with Crippen LogP contribution < -0.4 is 4.90 Å². The number of thiazole rings is 1. The molecule has 0 saturated carbocycles. The molecule has 2 aromatic heterocycles. The molecule has 1 amide bonds. The Morgan fingerprint density at radius 2 is 1.70 bits per heavy atom. The first-order chi connectivity index (χ1) is 15.7. The average molecular weight is 480 g/mol. The number of carbonyl (C=O) groups excluding carboxylic acids is 1. The van der Waals surface area contributed by atoms with E-state index >= 15 is 0 Å². The van der Waals surface area contributed by atoms with Gasteiger partial charge in [-0.3, -0.25) is 14.7 Å². The molecule has 6 nitrogen and oxygen atoms in total. The largest absolute Gasteiger partial charge is 0.279 e. The van der Waals surface area contributed by atoms with E-state index in [9.17, 15) is 13.2 Å². The zero-order chi connectivity index (χ0) is 23.8. The lowest BCUT2D eigenvalue weighted by atomic mass is 10.1. The molecule has 0 spiro atoms. The molecule has 0 aliphatic heterocycles. The number of fused-ring (bicyclic) bond motifs is 1. The smallest absolute Gasteiger partial charge is 0.260 e. The molecule has 0 fully saturated rings. The Kier molecular flexibility index (Phi) is 6.32. The zero-order valence-electron chi connectivity index (χ0n) is 18.9. The van der Waals surface area contributed by atoms with Gasteiger partial charge in [0.2, 0.25) is 0 Å². The Morgan fingerprint density at radius 3 is 2.33 bits per heavy atom. The van der Waals surface area contributed by atoms with Crippen LogP contribution >= 0.6 is 11.3 Å². The van der Waals surface area contributed by atoms with Gasteiger partial charge in [0.15, 0.2) is 15.0 Å². The lowest BCUT2D eigenvalue weighted by Crippen LogP contribution is -2.30. The molecule has 33 heavy (non-hydrogen) atoms. The van der Waals surface area contributed by atoms with Crippen molar-refractivity contribution in [1.82, 2.24) is 9.97 Å². The number of aryl methyl sites for hydroxylation is 2. The summed E-state index contributed by atoms with van der Waals surface area (Å²) in [7, 11) is -3.41. The van der Waals surface area contributed by atoms with Crippen LogP contribution in [0, 0.1) is 13.8 Å². The van der Waals surface area contributed by atoms with E-state index in [0.29, 0.717) is 17.2 Å². The first kappa shape index (κ1) is 23.1. The normalized spacial score (nSPS) is 11.8. The van der Waals surface area contributed by atoms with E-state index in [1.807, 2.05) is 32.0 Å². The van der Waals surface area contributed by atoms with Crippen molar-refractivity contribution >= 4 is 42.4 Å². The van der Waals surface area contributed by atoms with Gasteiger partial charge in [-0.1, -0.05) is 17.4 Å². The maximum absolute atomic E-state index is 13.6. The molecule has 0 radical (unpaired) electrons. The third-order valence-corrected chi connectivity index (χ3v) is 8.83. The summed E-state index contributed by atoms with van der Waals surface area (Å²) < 4.78 is 26.0. The fourth-order valence-corrected chi connectivity index (χ4v) is 5.67. The monoisotopic (exact) mass is 479 g/mol. The molecule has 170 valence electrons. The molecular weight excluding hydrogens is 454 g/mol. The minimum atomic E-state index is -3.41. The van der Waals surface area contributed by atoms with Gasteiger partial charge in [0, 0.05) is 18.0 Å². The summed E-state index contributed by atoms with van der Waals surface area (Å²) in [6, 6.07) is 14.0. The highest BCUT2D eigenvalue weighted by molar-refractivity contribution is 7.92. The van der Waals surface area contributed by atoms with Crippen molar-refractivity contribution in [2.75, 3.05) is 4.90 Å². The van der Waals surface area contributed by atoms with E-state index in [-0.39, 0.29) is 10.8 Å². The van der Waals surface area contributed by atoms with Gasteiger partial charge >= 0.3 is 0 Å². The van der Waals surface area contributed by atoms with Gasteiger partial charge < -0.3 is 0 Å².